The lowest BCUT2D eigenvalue weighted by Crippen LogP contribution is -2.26. The van der Waals surface area contributed by atoms with Gasteiger partial charge < -0.3 is 14.6 Å². The molecule has 0 bridgehead atoms. The lowest BCUT2D eigenvalue weighted by atomic mass is 10.2. The van der Waals surface area contributed by atoms with Gasteiger partial charge in [0.25, 0.3) is 5.91 Å². The molecule has 0 aliphatic carbocycles. The molecule has 3 rings (SSSR count). The van der Waals surface area contributed by atoms with Crippen LogP contribution in [0.5, 0.6) is 0 Å². The molecule has 0 unspecified atom stereocenters. The third kappa shape index (κ3) is 4.49. The molecule has 0 aliphatic heterocycles. The van der Waals surface area contributed by atoms with Crippen LogP contribution in [0, 0.1) is 5.82 Å². The van der Waals surface area contributed by atoms with E-state index in [9.17, 15) is 14.0 Å². The number of fused-ring (bicyclic) bond motifs is 1. The Hall–Kier alpha value is -3.22. The maximum atomic E-state index is 13.0. The first-order valence-electron chi connectivity index (χ1n) is 8.61. The van der Waals surface area contributed by atoms with Crippen LogP contribution in [0.2, 0.25) is 0 Å². The highest BCUT2D eigenvalue weighted by molar-refractivity contribution is 5.94. The van der Waals surface area contributed by atoms with E-state index in [0.717, 1.165) is 11.0 Å². The predicted octanol–water partition coefficient (Wildman–Crippen LogP) is 3.06. The molecule has 0 radical (unpaired) electrons. The molecule has 1 aromatic heterocycles. The van der Waals surface area contributed by atoms with Crippen LogP contribution in [0.25, 0.3) is 11.0 Å². The number of esters is 1. The molecule has 0 aliphatic rings. The van der Waals surface area contributed by atoms with Gasteiger partial charge >= 0.3 is 5.97 Å². The molecular weight excluding hydrogens is 349 g/mol. The van der Waals surface area contributed by atoms with E-state index in [4.69, 9.17) is 4.74 Å². The summed E-state index contributed by atoms with van der Waals surface area (Å²) in [6.07, 6.45) is -0.214. The van der Waals surface area contributed by atoms with Crippen molar-refractivity contribution in [3.05, 3.63) is 65.7 Å². The van der Waals surface area contributed by atoms with Crippen molar-refractivity contribution in [1.29, 1.82) is 0 Å². The molecule has 140 valence electrons. The van der Waals surface area contributed by atoms with Crippen LogP contribution in [0.1, 0.15) is 30.0 Å². The van der Waals surface area contributed by atoms with E-state index in [1.165, 1.54) is 24.3 Å². The number of hydrogen-bond acceptors (Lipinski definition) is 4. The number of nitrogens with one attached hydrogen (secondary N) is 1. The monoisotopic (exact) mass is 369 g/mol. The molecule has 1 heterocycles. The topological polar surface area (TPSA) is 73.2 Å². The van der Waals surface area contributed by atoms with Crippen molar-refractivity contribution in [1.82, 2.24) is 14.9 Å². The van der Waals surface area contributed by atoms with Crippen LogP contribution in [-0.2, 0) is 22.6 Å². The number of nitrogens with zero attached hydrogens (tertiary/aromatic N) is 2. The van der Waals surface area contributed by atoms with Crippen molar-refractivity contribution < 1.29 is 18.7 Å². The Balaban J connectivity index is 1.80. The average Bonchev–Trinajstić information content (AvgIpc) is 2.97. The summed E-state index contributed by atoms with van der Waals surface area (Å²) in [5, 5.41) is 2.75. The van der Waals surface area contributed by atoms with Crippen molar-refractivity contribution in [3.8, 4) is 0 Å². The van der Waals surface area contributed by atoms with Crippen molar-refractivity contribution in [2.75, 3.05) is 0 Å². The van der Waals surface area contributed by atoms with Gasteiger partial charge in [0.05, 0.1) is 23.7 Å². The molecule has 0 saturated heterocycles. The van der Waals surface area contributed by atoms with Gasteiger partial charge in [-0.3, -0.25) is 9.59 Å². The fraction of sp³-hybridized carbons (Fsp3) is 0.250. The van der Waals surface area contributed by atoms with Gasteiger partial charge in [0.15, 0.2) is 0 Å². The summed E-state index contributed by atoms with van der Waals surface area (Å²) in [6, 6.07) is 12.7. The fourth-order valence-corrected chi connectivity index (χ4v) is 2.73. The average molecular weight is 369 g/mol. The van der Waals surface area contributed by atoms with Crippen LogP contribution >= 0.6 is 0 Å². The number of para-hydroxylation sites is 2. The standard InChI is InChI=1S/C20H20FN3O3/c1-13(2)27-19(25)12-24-17-6-4-3-5-16(17)23-18(24)11-22-20(26)14-7-9-15(21)10-8-14/h3-10,13H,11-12H2,1-2H3,(H,22,26). The van der Waals surface area contributed by atoms with E-state index in [2.05, 4.69) is 10.3 Å². The molecule has 7 heteroatoms. The van der Waals surface area contributed by atoms with Gasteiger partial charge in [0, 0.05) is 5.56 Å². The van der Waals surface area contributed by atoms with Crippen LogP contribution in [-0.4, -0.2) is 27.5 Å². The van der Waals surface area contributed by atoms with E-state index in [-0.39, 0.29) is 31.1 Å². The second-order valence-corrected chi connectivity index (χ2v) is 6.33. The summed E-state index contributed by atoms with van der Waals surface area (Å²) in [5.41, 5.74) is 1.85. The second kappa shape index (κ2) is 7.99. The number of halogens is 1. The summed E-state index contributed by atoms with van der Waals surface area (Å²) in [7, 11) is 0. The summed E-state index contributed by atoms with van der Waals surface area (Å²) in [6.45, 7) is 3.70. The first kappa shape index (κ1) is 18.6. The minimum atomic E-state index is -0.406. The van der Waals surface area contributed by atoms with E-state index in [0.29, 0.717) is 11.4 Å². The minimum absolute atomic E-state index is 0.000442. The Morgan fingerprint density at radius 1 is 1.15 bits per heavy atom. The first-order valence-corrected chi connectivity index (χ1v) is 8.61. The first-order chi connectivity index (χ1) is 12.9. The Kier molecular flexibility index (Phi) is 5.49. The minimum Gasteiger partial charge on any atom is -0.462 e. The Labute approximate surface area is 156 Å². The number of ether oxygens (including phenoxy) is 1. The summed E-state index contributed by atoms with van der Waals surface area (Å²) in [4.78, 5) is 28.9. The highest BCUT2D eigenvalue weighted by Gasteiger charge is 2.16. The van der Waals surface area contributed by atoms with Crippen LogP contribution in [0.4, 0.5) is 4.39 Å². The molecule has 3 aromatic rings. The molecule has 27 heavy (non-hydrogen) atoms. The second-order valence-electron chi connectivity index (χ2n) is 6.33. The van der Waals surface area contributed by atoms with Crippen molar-refractivity contribution in [3.63, 3.8) is 0 Å². The zero-order valence-electron chi connectivity index (χ0n) is 15.1. The molecule has 6 nitrogen and oxygen atoms in total. The van der Waals surface area contributed by atoms with Crippen LogP contribution in [0.15, 0.2) is 48.5 Å². The van der Waals surface area contributed by atoms with E-state index < -0.39 is 5.82 Å². The van der Waals surface area contributed by atoms with E-state index in [1.807, 2.05) is 24.3 Å². The largest absolute Gasteiger partial charge is 0.462 e. The number of carbonyl (C=O) groups excluding carboxylic acids is 2. The number of aromatic nitrogens is 2. The maximum absolute atomic E-state index is 13.0. The Morgan fingerprint density at radius 2 is 1.85 bits per heavy atom. The van der Waals surface area contributed by atoms with Gasteiger partial charge in [-0.15, -0.1) is 0 Å². The van der Waals surface area contributed by atoms with Crippen molar-refractivity contribution >= 4 is 22.9 Å². The molecule has 0 atom stereocenters. The van der Waals surface area contributed by atoms with Gasteiger partial charge in [-0.05, 0) is 50.2 Å². The zero-order valence-corrected chi connectivity index (χ0v) is 15.1. The molecule has 2 aromatic carbocycles. The molecule has 0 saturated carbocycles. The van der Waals surface area contributed by atoms with Crippen LogP contribution < -0.4 is 5.32 Å². The molecule has 1 N–H and O–H groups in total. The third-order valence-electron chi connectivity index (χ3n) is 3.90. The number of imidazole rings is 1. The number of rotatable bonds is 6. The SMILES string of the molecule is CC(C)OC(=O)Cn1c(CNC(=O)c2ccc(F)cc2)nc2ccccc21. The van der Waals surface area contributed by atoms with Gasteiger partial charge in [0.2, 0.25) is 0 Å². The quantitative estimate of drug-likeness (QED) is 0.678. The number of benzene rings is 2. The summed E-state index contributed by atoms with van der Waals surface area (Å²) < 4.78 is 19.9. The third-order valence-corrected chi connectivity index (χ3v) is 3.90. The van der Waals surface area contributed by atoms with Crippen molar-refractivity contribution in [2.24, 2.45) is 0 Å². The highest BCUT2D eigenvalue weighted by Crippen LogP contribution is 2.16. The molecule has 0 spiro atoms. The zero-order chi connectivity index (χ0) is 19.4. The highest BCUT2D eigenvalue weighted by atomic mass is 19.1. The molecule has 1 amide bonds. The van der Waals surface area contributed by atoms with Gasteiger partial charge in [-0.1, -0.05) is 12.1 Å². The summed E-state index contributed by atoms with van der Waals surface area (Å²) in [5.74, 6) is -0.595. The van der Waals surface area contributed by atoms with Gasteiger partial charge in [-0.25, -0.2) is 9.37 Å². The molecular formula is C20H20FN3O3. The number of hydrogen-bond donors (Lipinski definition) is 1. The van der Waals surface area contributed by atoms with Gasteiger partial charge in [0.1, 0.15) is 18.2 Å². The van der Waals surface area contributed by atoms with Crippen LogP contribution in [0.3, 0.4) is 0 Å². The molecule has 0 fully saturated rings. The Bertz CT molecular complexity index is 964. The van der Waals surface area contributed by atoms with E-state index in [1.54, 1.807) is 18.4 Å². The lowest BCUT2D eigenvalue weighted by Gasteiger charge is -2.12. The smallest absolute Gasteiger partial charge is 0.326 e. The number of carbonyl (C=O) groups is 2. The number of amides is 1. The van der Waals surface area contributed by atoms with Gasteiger partial charge in [-0.2, -0.15) is 0 Å². The van der Waals surface area contributed by atoms with Crippen molar-refractivity contribution in [2.45, 2.75) is 33.0 Å². The predicted molar refractivity (Wildman–Crippen MR) is 98.5 cm³/mol. The van der Waals surface area contributed by atoms with E-state index >= 15 is 0 Å². The fourth-order valence-electron chi connectivity index (χ4n) is 2.73. The summed E-state index contributed by atoms with van der Waals surface area (Å²) >= 11 is 0. The lowest BCUT2D eigenvalue weighted by molar-refractivity contribution is -0.148. The Morgan fingerprint density at radius 3 is 2.56 bits per heavy atom. The maximum Gasteiger partial charge on any atom is 0.326 e. The normalized spacial score (nSPS) is 11.0.